The number of benzene rings is 1. The lowest BCUT2D eigenvalue weighted by atomic mass is 10.2. The lowest BCUT2D eigenvalue weighted by molar-refractivity contribution is 0.311. The Morgan fingerprint density at radius 3 is 3.08 bits per heavy atom. The number of aliphatic hydroxyl groups excluding tert-OH is 1. The SMILES string of the molecule is OCCNc1nc(N2C[C@@H]3CC2CN3)c2oc3ccc(Cl)cc3c2n1. The number of fused-ring (bicyclic) bond motifs is 5. The summed E-state index contributed by atoms with van der Waals surface area (Å²) < 4.78 is 6.10. The van der Waals surface area contributed by atoms with Crippen LogP contribution in [-0.4, -0.2) is 53.4 Å². The molecule has 2 saturated heterocycles. The second-order valence-corrected chi connectivity index (χ2v) is 7.02. The van der Waals surface area contributed by atoms with Gasteiger partial charge in [-0.2, -0.15) is 4.98 Å². The number of halogens is 1. The molecule has 2 aliphatic heterocycles. The van der Waals surface area contributed by atoms with Gasteiger partial charge in [0.15, 0.2) is 11.4 Å². The number of furan rings is 1. The minimum atomic E-state index is 0.0209. The first-order chi connectivity index (χ1) is 12.2. The number of piperazine rings is 1. The van der Waals surface area contributed by atoms with Crippen LogP contribution in [-0.2, 0) is 0 Å². The molecule has 130 valence electrons. The Morgan fingerprint density at radius 1 is 1.40 bits per heavy atom. The highest BCUT2D eigenvalue weighted by molar-refractivity contribution is 6.31. The molecule has 25 heavy (non-hydrogen) atoms. The summed E-state index contributed by atoms with van der Waals surface area (Å²) in [5, 5.41) is 17.2. The third-order valence-electron chi connectivity index (χ3n) is 4.98. The normalized spacial score (nSPS) is 22.4. The molecule has 0 spiro atoms. The van der Waals surface area contributed by atoms with Gasteiger partial charge < -0.3 is 25.1 Å². The molecule has 7 nitrogen and oxygen atoms in total. The number of aliphatic hydroxyl groups is 1. The molecule has 2 atom stereocenters. The van der Waals surface area contributed by atoms with Gasteiger partial charge in [0.1, 0.15) is 11.1 Å². The summed E-state index contributed by atoms with van der Waals surface area (Å²) in [5.74, 6) is 1.31. The van der Waals surface area contributed by atoms with Gasteiger partial charge >= 0.3 is 0 Å². The van der Waals surface area contributed by atoms with Crippen molar-refractivity contribution < 1.29 is 9.52 Å². The van der Waals surface area contributed by atoms with E-state index in [-0.39, 0.29) is 6.61 Å². The second-order valence-electron chi connectivity index (χ2n) is 6.59. The largest absolute Gasteiger partial charge is 0.450 e. The molecule has 2 aliphatic rings. The molecule has 0 saturated carbocycles. The van der Waals surface area contributed by atoms with Crippen LogP contribution in [0.2, 0.25) is 5.02 Å². The number of rotatable bonds is 4. The zero-order chi connectivity index (χ0) is 17.0. The molecule has 0 aliphatic carbocycles. The highest BCUT2D eigenvalue weighted by Crippen LogP contribution is 2.38. The molecule has 2 aromatic heterocycles. The van der Waals surface area contributed by atoms with E-state index < -0.39 is 0 Å². The zero-order valence-corrected chi connectivity index (χ0v) is 14.3. The smallest absolute Gasteiger partial charge is 0.225 e. The average molecular weight is 360 g/mol. The minimum absolute atomic E-state index is 0.0209. The van der Waals surface area contributed by atoms with Crippen LogP contribution in [0.1, 0.15) is 6.42 Å². The van der Waals surface area contributed by atoms with Gasteiger partial charge in [-0.3, -0.25) is 0 Å². The van der Waals surface area contributed by atoms with Gasteiger partial charge in [-0.15, -0.1) is 0 Å². The zero-order valence-electron chi connectivity index (χ0n) is 13.5. The quantitative estimate of drug-likeness (QED) is 0.656. The predicted molar refractivity (Wildman–Crippen MR) is 97.4 cm³/mol. The second kappa shape index (κ2) is 5.72. The number of nitrogens with one attached hydrogen (secondary N) is 2. The monoisotopic (exact) mass is 359 g/mol. The van der Waals surface area contributed by atoms with Crippen LogP contribution in [0, 0.1) is 0 Å². The summed E-state index contributed by atoms with van der Waals surface area (Å²) in [5.41, 5.74) is 2.19. The van der Waals surface area contributed by atoms with Gasteiger partial charge in [0.2, 0.25) is 5.95 Å². The third-order valence-corrected chi connectivity index (χ3v) is 5.22. The summed E-state index contributed by atoms with van der Waals surface area (Å²) >= 11 is 6.17. The number of anilines is 2. The maximum absolute atomic E-state index is 9.10. The van der Waals surface area contributed by atoms with Crippen LogP contribution in [0.15, 0.2) is 22.6 Å². The van der Waals surface area contributed by atoms with E-state index in [1.807, 2.05) is 18.2 Å². The molecular weight excluding hydrogens is 342 g/mol. The van der Waals surface area contributed by atoms with Crippen LogP contribution >= 0.6 is 11.6 Å². The van der Waals surface area contributed by atoms with Gasteiger partial charge in [-0.1, -0.05) is 11.6 Å². The molecule has 1 unspecified atom stereocenters. The van der Waals surface area contributed by atoms with E-state index in [1.54, 1.807) is 0 Å². The molecule has 0 radical (unpaired) electrons. The van der Waals surface area contributed by atoms with Gasteiger partial charge in [0.25, 0.3) is 0 Å². The predicted octanol–water partition coefficient (Wildman–Crippen LogP) is 1.98. The Bertz CT molecular complexity index is 959. The van der Waals surface area contributed by atoms with Crippen LogP contribution in [0.4, 0.5) is 11.8 Å². The summed E-state index contributed by atoms with van der Waals surface area (Å²) in [6.07, 6.45) is 1.12. The Kier molecular flexibility index (Phi) is 3.48. The van der Waals surface area contributed by atoms with E-state index in [1.165, 1.54) is 0 Å². The maximum Gasteiger partial charge on any atom is 0.225 e. The first-order valence-corrected chi connectivity index (χ1v) is 8.85. The average Bonchev–Trinajstić information content (AvgIpc) is 3.33. The minimum Gasteiger partial charge on any atom is -0.450 e. The Morgan fingerprint density at radius 2 is 2.32 bits per heavy atom. The van der Waals surface area contributed by atoms with Gasteiger partial charge in [-0.25, -0.2) is 4.98 Å². The fourth-order valence-electron chi connectivity index (χ4n) is 3.86. The Balaban J connectivity index is 1.72. The van der Waals surface area contributed by atoms with E-state index in [0.29, 0.717) is 35.2 Å². The molecule has 4 heterocycles. The standard InChI is InChI=1S/C17H18ClN5O2/c18-9-1-2-13-12(5-9)14-15(25-13)16(22-17(21-14)19-3-4-24)23-8-10-6-11(23)7-20-10/h1-2,5,10-11,20,24H,3-4,6-8H2,(H,19,21,22)/t10-,11?/m0/s1. The highest BCUT2D eigenvalue weighted by Gasteiger charge is 2.39. The van der Waals surface area contributed by atoms with Crippen LogP contribution in [0.25, 0.3) is 22.1 Å². The van der Waals surface area contributed by atoms with Crippen molar-refractivity contribution in [3.8, 4) is 0 Å². The fourth-order valence-corrected chi connectivity index (χ4v) is 4.04. The molecular formula is C17H18ClN5O2. The van der Waals surface area contributed by atoms with Gasteiger partial charge in [0, 0.05) is 42.1 Å². The number of hydrogen-bond acceptors (Lipinski definition) is 7. The van der Waals surface area contributed by atoms with E-state index >= 15 is 0 Å². The summed E-state index contributed by atoms with van der Waals surface area (Å²) in [6, 6.07) is 6.47. The van der Waals surface area contributed by atoms with E-state index in [4.69, 9.17) is 26.1 Å². The summed E-state index contributed by atoms with van der Waals surface area (Å²) in [4.78, 5) is 11.6. The van der Waals surface area contributed by atoms with E-state index in [2.05, 4.69) is 20.5 Å². The van der Waals surface area contributed by atoms with Gasteiger partial charge in [0.05, 0.1) is 6.61 Å². The Hall–Kier alpha value is -2.09. The van der Waals surface area contributed by atoms with Crippen molar-refractivity contribution in [2.45, 2.75) is 18.5 Å². The molecule has 8 heteroatoms. The van der Waals surface area contributed by atoms with Gasteiger partial charge in [-0.05, 0) is 24.6 Å². The van der Waals surface area contributed by atoms with Crippen molar-refractivity contribution in [1.29, 1.82) is 0 Å². The highest BCUT2D eigenvalue weighted by atomic mass is 35.5. The molecule has 2 bridgehead atoms. The molecule has 3 aromatic rings. The molecule has 1 aromatic carbocycles. The van der Waals surface area contributed by atoms with Crippen molar-refractivity contribution in [1.82, 2.24) is 15.3 Å². The number of hydrogen-bond donors (Lipinski definition) is 3. The van der Waals surface area contributed by atoms with Crippen LogP contribution in [0.3, 0.4) is 0 Å². The summed E-state index contributed by atoms with van der Waals surface area (Å²) in [7, 11) is 0. The Labute approximate surface area is 149 Å². The lowest BCUT2D eigenvalue weighted by Crippen LogP contribution is -2.44. The van der Waals surface area contributed by atoms with Crippen molar-refractivity contribution in [2.24, 2.45) is 0 Å². The first-order valence-electron chi connectivity index (χ1n) is 8.47. The number of aromatic nitrogens is 2. The van der Waals surface area contributed by atoms with E-state index in [9.17, 15) is 0 Å². The molecule has 5 rings (SSSR count). The van der Waals surface area contributed by atoms with Crippen LogP contribution < -0.4 is 15.5 Å². The topological polar surface area (TPSA) is 86.5 Å². The maximum atomic E-state index is 9.10. The van der Waals surface area contributed by atoms with Crippen molar-refractivity contribution >= 4 is 45.4 Å². The molecule has 2 fully saturated rings. The van der Waals surface area contributed by atoms with Crippen molar-refractivity contribution in [3.05, 3.63) is 23.2 Å². The van der Waals surface area contributed by atoms with Crippen molar-refractivity contribution in [2.75, 3.05) is 36.5 Å². The first kappa shape index (κ1) is 15.2. The summed E-state index contributed by atoms with van der Waals surface area (Å²) in [6.45, 7) is 2.29. The van der Waals surface area contributed by atoms with Crippen LogP contribution in [0.5, 0.6) is 0 Å². The molecule has 0 amide bonds. The molecule has 3 N–H and O–H groups in total. The third kappa shape index (κ3) is 2.42. The number of nitrogens with zero attached hydrogens (tertiary/aromatic N) is 3. The lowest BCUT2D eigenvalue weighted by Gasteiger charge is -2.28. The fraction of sp³-hybridized carbons (Fsp3) is 0.412. The van der Waals surface area contributed by atoms with E-state index in [0.717, 1.165) is 41.8 Å². The van der Waals surface area contributed by atoms with Crippen molar-refractivity contribution in [3.63, 3.8) is 0 Å².